The molecule has 0 radical (unpaired) electrons. The van der Waals surface area contributed by atoms with Gasteiger partial charge in [0.25, 0.3) is 10.1 Å². The molecule has 330 valence electrons. The van der Waals surface area contributed by atoms with Crippen molar-refractivity contribution in [2.75, 3.05) is 46.8 Å². The summed E-state index contributed by atoms with van der Waals surface area (Å²) in [5, 5.41) is 5.14. The Morgan fingerprint density at radius 3 is 2.05 bits per heavy atom. The van der Waals surface area contributed by atoms with E-state index in [1.807, 2.05) is 0 Å². The first-order valence-corrected chi connectivity index (χ1v) is 19.8. The van der Waals surface area contributed by atoms with E-state index in [-0.39, 0.29) is 37.7 Å². The Hall–Kier alpha value is -4.85. The largest absolute Gasteiger partial charge is 0.465 e. The molecule has 1 fully saturated rings. The van der Waals surface area contributed by atoms with Gasteiger partial charge >= 0.3 is 35.8 Å². The summed E-state index contributed by atoms with van der Waals surface area (Å²) in [6.07, 6.45) is -4.06. The van der Waals surface area contributed by atoms with Crippen LogP contribution in [0.3, 0.4) is 0 Å². The van der Waals surface area contributed by atoms with Crippen molar-refractivity contribution in [2.45, 2.75) is 115 Å². The molecule has 1 aromatic rings. The number of hydrogen-bond donors (Lipinski definition) is 2. The number of nitrogens with one attached hydrogen (secondary N) is 2. The monoisotopic (exact) mass is 858 g/mol. The molecule has 0 bridgehead atoms. The van der Waals surface area contributed by atoms with Gasteiger partial charge in [0.2, 0.25) is 5.91 Å². The molecule has 2 rings (SSSR count). The molecule has 59 heavy (non-hydrogen) atoms. The summed E-state index contributed by atoms with van der Waals surface area (Å²) in [6.45, 7) is 9.08. The number of alkyl carbamates (subject to hydrolysis) is 1. The van der Waals surface area contributed by atoms with Gasteiger partial charge < -0.3 is 53.3 Å². The van der Waals surface area contributed by atoms with E-state index in [9.17, 15) is 37.2 Å². The van der Waals surface area contributed by atoms with E-state index in [4.69, 9.17) is 53.2 Å². The average Bonchev–Trinajstić information content (AvgIpc) is 3.14. The Bertz CT molecular complexity index is 1760. The van der Waals surface area contributed by atoms with Crippen molar-refractivity contribution in [1.82, 2.24) is 10.6 Å². The fourth-order valence-electron chi connectivity index (χ4n) is 5.61. The smallest absolute Gasteiger partial charge is 0.408 e. The van der Waals surface area contributed by atoms with Crippen LogP contribution in [-0.4, -0.2) is 139 Å². The van der Waals surface area contributed by atoms with Crippen LogP contribution in [0.25, 0.3) is 0 Å². The average molecular weight is 859 g/mol. The van der Waals surface area contributed by atoms with Crippen LogP contribution >= 0.6 is 0 Å². The lowest BCUT2D eigenvalue weighted by Gasteiger charge is -2.52. The maximum Gasteiger partial charge on any atom is 0.408 e. The van der Waals surface area contributed by atoms with Gasteiger partial charge in [-0.15, -0.1) is 6.42 Å². The van der Waals surface area contributed by atoms with E-state index in [0.717, 1.165) is 33.4 Å². The van der Waals surface area contributed by atoms with E-state index in [1.165, 1.54) is 31.2 Å². The molecule has 1 aliphatic rings. The number of esters is 4. The number of carbonyl (C=O) groups excluding carboxylic acids is 6. The lowest BCUT2D eigenvalue weighted by molar-refractivity contribution is -0.337. The number of hydrogen-bond acceptors (Lipinski definition) is 18. The van der Waals surface area contributed by atoms with Crippen molar-refractivity contribution >= 4 is 46.0 Å². The predicted octanol–water partition coefficient (Wildman–Crippen LogP) is 1.23. The molecule has 1 heterocycles. The van der Waals surface area contributed by atoms with Crippen molar-refractivity contribution in [2.24, 2.45) is 0 Å². The van der Waals surface area contributed by atoms with Crippen LogP contribution in [0, 0.1) is 19.3 Å². The van der Waals surface area contributed by atoms with Crippen LogP contribution < -0.4 is 10.6 Å². The highest BCUT2D eigenvalue weighted by molar-refractivity contribution is 7.86. The van der Waals surface area contributed by atoms with Gasteiger partial charge in [0.15, 0.2) is 18.3 Å². The minimum absolute atomic E-state index is 0.0221. The van der Waals surface area contributed by atoms with Gasteiger partial charge in [0.1, 0.15) is 24.9 Å². The van der Waals surface area contributed by atoms with Crippen molar-refractivity contribution in [3.63, 3.8) is 0 Å². The number of benzene rings is 1. The zero-order valence-electron chi connectivity index (χ0n) is 34.6. The van der Waals surface area contributed by atoms with Gasteiger partial charge in [-0.05, 0) is 39.8 Å². The summed E-state index contributed by atoms with van der Waals surface area (Å²) >= 11 is 0. The molecule has 0 saturated carbocycles. The second-order valence-corrected chi connectivity index (χ2v) is 15.5. The van der Waals surface area contributed by atoms with Gasteiger partial charge in [0.05, 0.1) is 50.5 Å². The molecular formula is C38H54N2O18S. The molecule has 0 unspecified atom stereocenters. The fraction of sp³-hybridized carbons (Fsp3) is 0.632. The molecule has 7 atom stereocenters. The van der Waals surface area contributed by atoms with Crippen LogP contribution in [0.1, 0.15) is 60.5 Å². The Morgan fingerprint density at radius 1 is 0.898 bits per heavy atom. The van der Waals surface area contributed by atoms with E-state index >= 15 is 0 Å². The summed E-state index contributed by atoms with van der Waals surface area (Å²) in [4.78, 5) is 78.8. The minimum Gasteiger partial charge on any atom is -0.465 e. The number of methoxy groups -OCH3 is 1. The van der Waals surface area contributed by atoms with Crippen molar-refractivity contribution in [1.29, 1.82) is 0 Å². The maximum absolute atomic E-state index is 14.0. The Labute approximate surface area is 343 Å². The zero-order chi connectivity index (χ0) is 44.6. The summed E-state index contributed by atoms with van der Waals surface area (Å²) in [7, 11) is -3.64. The molecule has 0 aromatic heterocycles. The number of ether oxygens (including phenoxy) is 9. The van der Waals surface area contributed by atoms with E-state index in [1.54, 1.807) is 27.7 Å². The molecular weight excluding hydrogens is 804 g/mol. The molecule has 0 aliphatic carbocycles. The molecule has 21 heteroatoms. The van der Waals surface area contributed by atoms with Crippen LogP contribution in [-0.2, 0) is 80.9 Å². The van der Waals surface area contributed by atoms with Gasteiger partial charge in [-0.25, -0.2) is 9.59 Å². The summed E-state index contributed by atoms with van der Waals surface area (Å²) < 4.78 is 82.5. The van der Waals surface area contributed by atoms with Crippen LogP contribution in [0.2, 0.25) is 0 Å². The first kappa shape index (κ1) is 50.3. The summed E-state index contributed by atoms with van der Waals surface area (Å²) in [5.74, 6) is -5.77. The Balaban J connectivity index is 2.92. The Kier molecular flexibility index (Phi) is 19.7. The molecule has 2 N–H and O–H groups in total. The number of amides is 2. The third-order valence-corrected chi connectivity index (χ3v) is 9.25. The van der Waals surface area contributed by atoms with Gasteiger partial charge in [-0.3, -0.25) is 23.4 Å². The lowest BCUT2D eigenvalue weighted by atomic mass is 9.84. The van der Waals surface area contributed by atoms with Gasteiger partial charge in [-0.2, -0.15) is 8.42 Å². The van der Waals surface area contributed by atoms with Crippen molar-refractivity contribution in [3.8, 4) is 12.3 Å². The summed E-state index contributed by atoms with van der Waals surface area (Å²) in [6, 6.07) is 2.09. The van der Waals surface area contributed by atoms with Crippen molar-refractivity contribution < 1.29 is 84.0 Å². The topological polar surface area (TPSA) is 253 Å². The van der Waals surface area contributed by atoms with Crippen LogP contribution in [0.15, 0.2) is 29.2 Å². The molecule has 1 aliphatic heterocycles. The molecule has 0 spiro atoms. The molecule has 20 nitrogen and oxygen atoms in total. The second kappa shape index (κ2) is 23.1. The SMILES string of the molecule is C#CCOCCOCCO[C@@]1(C(=O)OC)O[C@@H]([C@H](OC(C)=O)[C@@H](COS(=O)(=O)c2ccc(C)cc2)OC(C)=O)[C@H](NC(=O)OC(C)(C)C)[C@@H](NC(=O)CC)[C@@H]1OC(C)=O. The quantitative estimate of drug-likeness (QED) is 0.0580. The summed E-state index contributed by atoms with van der Waals surface area (Å²) in [5.41, 5.74) is -0.381. The first-order chi connectivity index (χ1) is 27.6. The number of carbonyl (C=O) groups is 6. The number of rotatable bonds is 21. The van der Waals surface area contributed by atoms with E-state index in [0.29, 0.717) is 0 Å². The predicted molar refractivity (Wildman–Crippen MR) is 202 cm³/mol. The Morgan fingerprint density at radius 2 is 1.51 bits per heavy atom. The molecule has 2 amide bonds. The van der Waals surface area contributed by atoms with Gasteiger partial charge in [-0.1, -0.05) is 30.5 Å². The van der Waals surface area contributed by atoms with Crippen molar-refractivity contribution in [3.05, 3.63) is 29.8 Å². The highest BCUT2D eigenvalue weighted by Gasteiger charge is 2.66. The van der Waals surface area contributed by atoms with Crippen LogP contribution in [0.5, 0.6) is 0 Å². The molecule has 1 aromatic carbocycles. The van der Waals surface area contributed by atoms with E-state index in [2.05, 4.69) is 16.6 Å². The van der Waals surface area contributed by atoms with Gasteiger partial charge in [0, 0.05) is 27.2 Å². The highest BCUT2D eigenvalue weighted by Crippen LogP contribution is 2.38. The standard InChI is InChI=1S/C38H54N2O18S/c1-11-17-50-18-19-51-20-21-52-38(35(45)49-10)34(56-26(6)43)31(39-29(44)12-2)30(40-36(46)58-37(7,8)9)33(57-38)32(55-25(5)42)28(54-24(4)41)22-53-59(47,48)27-15-13-23(3)14-16-27/h1,13-16,28,30-34H,12,17-22H2,2-10H3,(H,39,44)(H,40,46)/t28-,30-,31-,32-,33-,34+,38-/m1/s1. The first-order valence-electron chi connectivity index (χ1n) is 18.4. The fourth-order valence-corrected chi connectivity index (χ4v) is 6.53. The second-order valence-electron chi connectivity index (χ2n) is 13.9. The van der Waals surface area contributed by atoms with Crippen LogP contribution in [0.4, 0.5) is 4.79 Å². The molecule has 1 saturated heterocycles. The normalized spacial score (nSPS) is 21.4. The third kappa shape index (κ3) is 15.7. The third-order valence-electron chi connectivity index (χ3n) is 7.96. The maximum atomic E-state index is 14.0. The zero-order valence-corrected chi connectivity index (χ0v) is 35.4. The number of aryl methyl sites for hydroxylation is 1. The highest BCUT2D eigenvalue weighted by atomic mass is 32.2. The minimum atomic E-state index is -4.58. The van der Waals surface area contributed by atoms with E-state index < -0.39 is 107 Å². The lowest BCUT2D eigenvalue weighted by Crippen LogP contribution is -2.78. The number of terminal acetylenes is 1.